The highest BCUT2D eigenvalue weighted by atomic mass is 35.5. The predicted molar refractivity (Wildman–Crippen MR) is 140 cm³/mol. The van der Waals surface area contributed by atoms with Crippen LogP contribution >= 0.6 is 23.2 Å². The molecule has 8 nitrogen and oxygen atoms in total. The number of imide groups is 1. The van der Waals surface area contributed by atoms with Crippen LogP contribution in [0, 0.1) is 11.3 Å². The molecule has 2 amide bonds. The van der Waals surface area contributed by atoms with Crippen molar-refractivity contribution in [1.82, 2.24) is 4.90 Å². The van der Waals surface area contributed by atoms with Crippen LogP contribution in [0.2, 0.25) is 10.0 Å². The first kappa shape index (κ1) is 26.9. The SMILES string of the molecule is CC1=C(C#N)C(=O)N(CCO)C(=O)/C1=C/c1ccc(-c2ccc(Cl)c(C(=O)OCc3ccccc3Cl)c2)o1. The molecule has 2 aromatic carbocycles. The van der Waals surface area contributed by atoms with Crippen LogP contribution in [0.4, 0.5) is 0 Å². The minimum absolute atomic E-state index is 0.0288. The summed E-state index contributed by atoms with van der Waals surface area (Å²) >= 11 is 12.4. The fourth-order valence-corrected chi connectivity index (χ4v) is 4.22. The molecule has 10 heteroatoms. The summed E-state index contributed by atoms with van der Waals surface area (Å²) in [6.07, 6.45) is 1.42. The number of furan rings is 1. The van der Waals surface area contributed by atoms with Crippen molar-refractivity contribution in [2.45, 2.75) is 13.5 Å². The Hall–Kier alpha value is -4.16. The van der Waals surface area contributed by atoms with E-state index < -0.39 is 24.4 Å². The van der Waals surface area contributed by atoms with Gasteiger partial charge in [0, 0.05) is 21.7 Å². The van der Waals surface area contributed by atoms with Gasteiger partial charge in [0.2, 0.25) is 0 Å². The van der Waals surface area contributed by atoms with Gasteiger partial charge in [-0.15, -0.1) is 0 Å². The van der Waals surface area contributed by atoms with Gasteiger partial charge in [-0.05, 0) is 55.0 Å². The molecule has 0 saturated heterocycles. The molecule has 1 aromatic heterocycles. The van der Waals surface area contributed by atoms with Crippen LogP contribution in [0.25, 0.3) is 17.4 Å². The fourth-order valence-electron chi connectivity index (χ4n) is 3.83. The van der Waals surface area contributed by atoms with Crippen molar-refractivity contribution < 1.29 is 28.6 Å². The van der Waals surface area contributed by atoms with E-state index in [1.165, 1.54) is 19.1 Å². The van der Waals surface area contributed by atoms with Gasteiger partial charge in [-0.25, -0.2) is 4.79 Å². The summed E-state index contributed by atoms with van der Waals surface area (Å²) in [5.74, 6) is -1.39. The zero-order valence-electron chi connectivity index (χ0n) is 20.0. The second kappa shape index (κ2) is 11.5. The smallest absolute Gasteiger partial charge is 0.340 e. The van der Waals surface area contributed by atoms with Crippen LogP contribution in [-0.4, -0.2) is 40.9 Å². The fraction of sp³-hybridized carbons (Fsp3) is 0.143. The largest absolute Gasteiger partial charge is 0.457 e. The maximum absolute atomic E-state index is 12.9. The third-order valence-corrected chi connectivity index (χ3v) is 6.55. The summed E-state index contributed by atoms with van der Waals surface area (Å²) in [5, 5.41) is 19.3. The zero-order chi connectivity index (χ0) is 27.4. The first-order valence-corrected chi connectivity index (χ1v) is 12.1. The van der Waals surface area contributed by atoms with Crippen LogP contribution in [0.1, 0.15) is 28.6 Å². The van der Waals surface area contributed by atoms with Crippen molar-refractivity contribution in [2.24, 2.45) is 0 Å². The monoisotopic (exact) mass is 550 g/mol. The maximum Gasteiger partial charge on any atom is 0.340 e. The van der Waals surface area contributed by atoms with E-state index >= 15 is 0 Å². The van der Waals surface area contributed by atoms with E-state index in [0.717, 1.165) is 4.90 Å². The van der Waals surface area contributed by atoms with Crippen molar-refractivity contribution in [3.8, 4) is 17.4 Å². The number of aliphatic hydroxyl groups excluding tert-OH is 1. The summed E-state index contributed by atoms with van der Waals surface area (Å²) in [5.41, 5.74) is 1.43. The Labute approximate surface area is 227 Å². The molecule has 0 bridgehead atoms. The van der Waals surface area contributed by atoms with Crippen molar-refractivity contribution in [3.05, 3.63) is 98.2 Å². The van der Waals surface area contributed by atoms with E-state index in [0.29, 0.717) is 21.9 Å². The number of carbonyl (C=O) groups excluding carboxylic acids is 3. The van der Waals surface area contributed by atoms with Crippen molar-refractivity contribution >= 4 is 47.1 Å². The maximum atomic E-state index is 12.9. The number of aliphatic hydroxyl groups is 1. The Morgan fingerprint density at radius 2 is 1.87 bits per heavy atom. The van der Waals surface area contributed by atoms with E-state index in [4.69, 9.17) is 32.4 Å². The molecular weight excluding hydrogens is 531 g/mol. The second-order valence-corrected chi connectivity index (χ2v) is 9.03. The Kier molecular flexibility index (Phi) is 8.13. The lowest BCUT2D eigenvalue weighted by Crippen LogP contribution is -2.44. The van der Waals surface area contributed by atoms with Crippen LogP contribution in [-0.2, 0) is 20.9 Å². The van der Waals surface area contributed by atoms with E-state index in [-0.39, 0.29) is 46.2 Å². The normalized spacial score (nSPS) is 14.7. The molecule has 1 aliphatic rings. The summed E-state index contributed by atoms with van der Waals surface area (Å²) in [7, 11) is 0. The molecule has 192 valence electrons. The number of amides is 2. The van der Waals surface area contributed by atoms with Gasteiger partial charge in [0.1, 0.15) is 29.8 Å². The topological polar surface area (TPSA) is 121 Å². The van der Waals surface area contributed by atoms with Gasteiger partial charge in [0.05, 0.1) is 23.7 Å². The van der Waals surface area contributed by atoms with Gasteiger partial charge < -0.3 is 14.3 Å². The van der Waals surface area contributed by atoms with Crippen LogP contribution in [0.15, 0.2) is 75.7 Å². The van der Waals surface area contributed by atoms with Gasteiger partial charge in [-0.1, -0.05) is 41.4 Å². The van der Waals surface area contributed by atoms with Crippen molar-refractivity contribution in [3.63, 3.8) is 0 Å². The number of benzene rings is 2. The lowest BCUT2D eigenvalue weighted by Gasteiger charge is -2.26. The second-order valence-electron chi connectivity index (χ2n) is 8.22. The molecule has 0 radical (unpaired) electrons. The molecule has 2 heterocycles. The van der Waals surface area contributed by atoms with Gasteiger partial charge in [-0.2, -0.15) is 5.26 Å². The molecule has 0 fully saturated rings. The Morgan fingerprint density at radius 3 is 2.58 bits per heavy atom. The summed E-state index contributed by atoms with van der Waals surface area (Å²) in [4.78, 5) is 38.9. The van der Waals surface area contributed by atoms with E-state index in [1.54, 1.807) is 48.5 Å². The average molecular weight is 551 g/mol. The van der Waals surface area contributed by atoms with Crippen LogP contribution < -0.4 is 0 Å². The number of β-amino-alcohol motifs (C(OH)–C–C–N with tert-alkyl or cyclic N) is 1. The van der Waals surface area contributed by atoms with E-state index in [1.807, 2.05) is 6.07 Å². The first-order chi connectivity index (χ1) is 18.2. The molecule has 0 aliphatic carbocycles. The Balaban J connectivity index is 1.60. The minimum atomic E-state index is -0.753. The van der Waals surface area contributed by atoms with Crippen molar-refractivity contribution in [2.75, 3.05) is 13.2 Å². The Morgan fingerprint density at radius 1 is 1.11 bits per heavy atom. The highest BCUT2D eigenvalue weighted by molar-refractivity contribution is 6.33. The first-order valence-electron chi connectivity index (χ1n) is 11.4. The zero-order valence-corrected chi connectivity index (χ0v) is 21.5. The molecule has 0 spiro atoms. The number of rotatable bonds is 7. The molecule has 0 unspecified atom stereocenters. The summed E-state index contributed by atoms with van der Waals surface area (Å²) in [6.45, 7) is 0.795. The lowest BCUT2D eigenvalue weighted by molar-refractivity contribution is -0.141. The quantitative estimate of drug-likeness (QED) is 0.244. The molecule has 0 atom stereocenters. The molecule has 0 saturated carbocycles. The van der Waals surface area contributed by atoms with Crippen molar-refractivity contribution in [1.29, 1.82) is 5.26 Å². The van der Waals surface area contributed by atoms with Gasteiger partial charge in [0.25, 0.3) is 11.8 Å². The standard InChI is InChI=1S/C28H20Cl2N2O6/c1-16-20(26(34)32(10-11-33)27(35)22(16)14-31)13-19-7-9-25(38-19)17-6-8-24(30)21(12-17)28(36)37-15-18-4-2-3-5-23(18)29/h2-9,12-13,33H,10-11,15H2,1H3/b20-13+. The van der Waals surface area contributed by atoms with E-state index in [9.17, 15) is 24.8 Å². The highest BCUT2D eigenvalue weighted by Gasteiger charge is 2.35. The number of halogens is 2. The highest BCUT2D eigenvalue weighted by Crippen LogP contribution is 2.31. The molecule has 1 aliphatic heterocycles. The van der Waals surface area contributed by atoms with Gasteiger partial charge >= 0.3 is 5.97 Å². The minimum Gasteiger partial charge on any atom is -0.457 e. The number of esters is 1. The average Bonchev–Trinajstić information content (AvgIpc) is 3.38. The number of hydrogen-bond acceptors (Lipinski definition) is 7. The number of nitriles is 1. The van der Waals surface area contributed by atoms with Crippen LogP contribution in [0.3, 0.4) is 0 Å². The number of carbonyl (C=O) groups is 3. The number of ether oxygens (including phenoxy) is 1. The third kappa shape index (κ3) is 5.41. The lowest BCUT2D eigenvalue weighted by atomic mass is 9.95. The molecule has 3 aromatic rings. The Bertz CT molecular complexity index is 1550. The number of hydrogen-bond donors (Lipinski definition) is 1. The summed E-state index contributed by atoms with van der Waals surface area (Å²) in [6, 6.07) is 16.8. The predicted octanol–water partition coefficient (Wildman–Crippen LogP) is 5.19. The van der Waals surface area contributed by atoms with Crippen LogP contribution in [0.5, 0.6) is 0 Å². The molecule has 38 heavy (non-hydrogen) atoms. The molecule has 1 N–H and O–H groups in total. The number of nitrogens with zero attached hydrogens (tertiary/aromatic N) is 2. The molecular formula is C28H20Cl2N2O6. The van der Waals surface area contributed by atoms with Gasteiger partial charge in [-0.3, -0.25) is 14.5 Å². The molecule has 4 rings (SSSR count). The van der Waals surface area contributed by atoms with Gasteiger partial charge in [0.15, 0.2) is 0 Å². The summed E-state index contributed by atoms with van der Waals surface area (Å²) < 4.78 is 11.3. The van der Waals surface area contributed by atoms with E-state index in [2.05, 4.69) is 0 Å². The third-order valence-electron chi connectivity index (χ3n) is 5.85.